The maximum absolute atomic E-state index is 11.6. The van der Waals surface area contributed by atoms with E-state index in [1.807, 2.05) is 0 Å². The minimum absolute atomic E-state index is 0.111. The van der Waals surface area contributed by atoms with Crippen LogP contribution in [0.15, 0.2) is 12.1 Å². The predicted molar refractivity (Wildman–Crippen MR) is 66.2 cm³/mol. The number of ketones is 1. The smallest absolute Gasteiger partial charge is 0.173 e. The molecule has 0 saturated heterocycles. The fraction of sp³-hybridized carbons (Fsp3) is 0.462. The quantitative estimate of drug-likeness (QED) is 0.756. The molecule has 3 nitrogen and oxygen atoms in total. The number of ether oxygens (including phenoxy) is 2. The van der Waals surface area contributed by atoms with E-state index in [2.05, 4.69) is 0 Å². The molecule has 0 aliphatic heterocycles. The molecular weight excluding hydrogens is 240 g/mol. The van der Waals surface area contributed by atoms with Gasteiger partial charge in [0.1, 0.15) is 0 Å². The van der Waals surface area contributed by atoms with E-state index in [0.29, 0.717) is 34.6 Å². The molecular formula is C13H15ClO3. The van der Waals surface area contributed by atoms with Crippen LogP contribution in [0.2, 0.25) is 5.02 Å². The third-order valence-electron chi connectivity index (χ3n) is 2.80. The minimum Gasteiger partial charge on any atom is -0.493 e. The van der Waals surface area contributed by atoms with Crippen LogP contribution in [0.25, 0.3) is 0 Å². The Morgan fingerprint density at radius 1 is 1.47 bits per heavy atom. The highest BCUT2D eigenvalue weighted by atomic mass is 35.5. The van der Waals surface area contributed by atoms with Gasteiger partial charge in [0.15, 0.2) is 17.3 Å². The summed E-state index contributed by atoms with van der Waals surface area (Å²) < 4.78 is 10.9. The van der Waals surface area contributed by atoms with Gasteiger partial charge in [0.25, 0.3) is 0 Å². The number of rotatable bonds is 5. The van der Waals surface area contributed by atoms with Gasteiger partial charge in [0.05, 0.1) is 24.3 Å². The molecule has 0 heterocycles. The maximum Gasteiger partial charge on any atom is 0.173 e. The molecule has 1 saturated carbocycles. The summed E-state index contributed by atoms with van der Waals surface area (Å²) >= 11 is 6.03. The standard InChI is InChI=1S/C13H15ClO3/c1-8(15)12-10(14)5-6-11(16-2)13(12)17-7-9-3-4-9/h5-6,9H,3-4,7H2,1-2H3. The van der Waals surface area contributed by atoms with Crippen molar-refractivity contribution in [2.45, 2.75) is 19.8 Å². The lowest BCUT2D eigenvalue weighted by Crippen LogP contribution is -2.06. The normalized spacial score (nSPS) is 14.5. The predicted octanol–water partition coefficient (Wildman–Crippen LogP) is 3.34. The van der Waals surface area contributed by atoms with E-state index in [1.54, 1.807) is 19.2 Å². The summed E-state index contributed by atoms with van der Waals surface area (Å²) in [6, 6.07) is 3.37. The third kappa shape index (κ3) is 2.72. The van der Waals surface area contributed by atoms with Crippen LogP contribution < -0.4 is 9.47 Å². The number of carbonyl (C=O) groups is 1. The summed E-state index contributed by atoms with van der Waals surface area (Å²) in [5.74, 6) is 1.53. The van der Waals surface area contributed by atoms with Gasteiger partial charge >= 0.3 is 0 Å². The van der Waals surface area contributed by atoms with Crippen molar-refractivity contribution < 1.29 is 14.3 Å². The zero-order valence-corrected chi connectivity index (χ0v) is 10.7. The Morgan fingerprint density at radius 3 is 2.71 bits per heavy atom. The number of Topliss-reactive ketones (excluding diaryl/α,β-unsaturated/α-hetero) is 1. The first-order valence-corrected chi connectivity index (χ1v) is 6.01. The third-order valence-corrected chi connectivity index (χ3v) is 3.12. The van der Waals surface area contributed by atoms with Gasteiger partial charge in [0.2, 0.25) is 0 Å². The zero-order valence-electron chi connectivity index (χ0n) is 9.96. The summed E-state index contributed by atoms with van der Waals surface area (Å²) in [7, 11) is 1.55. The number of carbonyl (C=O) groups excluding carboxylic acids is 1. The molecule has 4 heteroatoms. The molecule has 17 heavy (non-hydrogen) atoms. The van der Waals surface area contributed by atoms with Gasteiger partial charge < -0.3 is 9.47 Å². The molecule has 0 atom stereocenters. The number of halogens is 1. The van der Waals surface area contributed by atoms with Crippen molar-refractivity contribution in [1.29, 1.82) is 0 Å². The molecule has 1 fully saturated rings. The van der Waals surface area contributed by atoms with Gasteiger partial charge in [-0.1, -0.05) is 11.6 Å². The highest BCUT2D eigenvalue weighted by molar-refractivity contribution is 6.34. The van der Waals surface area contributed by atoms with Crippen LogP contribution in [0.4, 0.5) is 0 Å². The Hall–Kier alpha value is -1.22. The van der Waals surface area contributed by atoms with Crippen LogP contribution in [-0.2, 0) is 0 Å². The molecule has 0 spiro atoms. The van der Waals surface area contributed by atoms with Gasteiger partial charge in [-0.3, -0.25) is 4.79 Å². The van der Waals surface area contributed by atoms with Crippen LogP contribution in [0, 0.1) is 5.92 Å². The highest BCUT2D eigenvalue weighted by Crippen LogP contribution is 2.38. The van der Waals surface area contributed by atoms with E-state index in [0.717, 1.165) is 0 Å². The van der Waals surface area contributed by atoms with Crippen LogP contribution in [0.1, 0.15) is 30.1 Å². The first-order chi connectivity index (χ1) is 8.13. The number of hydrogen-bond acceptors (Lipinski definition) is 3. The van der Waals surface area contributed by atoms with E-state index in [9.17, 15) is 4.79 Å². The SMILES string of the molecule is COc1ccc(Cl)c(C(C)=O)c1OCC1CC1. The summed E-state index contributed by atoms with van der Waals surface area (Å²) in [6.07, 6.45) is 2.39. The number of hydrogen-bond donors (Lipinski definition) is 0. The Kier molecular flexibility index (Phi) is 3.57. The largest absolute Gasteiger partial charge is 0.493 e. The first-order valence-electron chi connectivity index (χ1n) is 5.63. The Bertz CT molecular complexity index is 439. The summed E-state index contributed by atoms with van der Waals surface area (Å²) in [5.41, 5.74) is 0.409. The Morgan fingerprint density at radius 2 is 2.18 bits per heavy atom. The average Bonchev–Trinajstić information content (AvgIpc) is 3.09. The van der Waals surface area contributed by atoms with Crippen molar-refractivity contribution in [2.75, 3.05) is 13.7 Å². The van der Waals surface area contributed by atoms with E-state index < -0.39 is 0 Å². The molecule has 1 aliphatic rings. The Labute approximate surface area is 106 Å². The van der Waals surface area contributed by atoms with E-state index >= 15 is 0 Å². The van der Waals surface area contributed by atoms with Crippen LogP contribution in [0.5, 0.6) is 11.5 Å². The fourth-order valence-electron chi connectivity index (χ4n) is 1.66. The second kappa shape index (κ2) is 4.96. The molecule has 1 aromatic rings. The van der Waals surface area contributed by atoms with Crippen molar-refractivity contribution >= 4 is 17.4 Å². The zero-order chi connectivity index (χ0) is 12.4. The molecule has 92 valence electrons. The lowest BCUT2D eigenvalue weighted by Gasteiger charge is -2.14. The van der Waals surface area contributed by atoms with Gasteiger partial charge in [-0.05, 0) is 37.8 Å². The molecule has 1 aliphatic carbocycles. The van der Waals surface area contributed by atoms with Crippen LogP contribution >= 0.6 is 11.6 Å². The molecule has 1 aromatic carbocycles. The molecule has 0 N–H and O–H groups in total. The highest BCUT2D eigenvalue weighted by Gasteiger charge is 2.25. The fourth-order valence-corrected chi connectivity index (χ4v) is 1.94. The van der Waals surface area contributed by atoms with E-state index in [-0.39, 0.29) is 5.78 Å². The maximum atomic E-state index is 11.6. The van der Waals surface area contributed by atoms with Crippen molar-refractivity contribution in [1.82, 2.24) is 0 Å². The lowest BCUT2D eigenvalue weighted by molar-refractivity contribution is 0.101. The number of benzene rings is 1. The van der Waals surface area contributed by atoms with Crippen molar-refractivity contribution in [3.8, 4) is 11.5 Å². The lowest BCUT2D eigenvalue weighted by atomic mass is 10.1. The second-order valence-corrected chi connectivity index (χ2v) is 4.67. The van der Waals surface area contributed by atoms with Crippen molar-refractivity contribution in [3.05, 3.63) is 22.7 Å². The van der Waals surface area contributed by atoms with Crippen molar-refractivity contribution in [2.24, 2.45) is 5.92 Å². The monoisotopic (exact) mass is 254 g/mol. The van der Waals surface area contributed by atoms with E-state index in [4.69, 9.17) is 21.1 Å². The molecule has 0 amide bonds. The number of methoxy groups -OCH3 is 1. The topological polar surface area (TPSA) is 35.5 Å². The van der Waals surface area contributed by atoms with E-state index in [1.165, 1.54) is 19.8 Å². The molecule has 0 bridgehead atoms. The molecule has 0 radical (unpaired) electrons. The van der Waals surface area contributed by atoms with Gasteiger partial charge in [-0.2, -0.15) is 0 Å². The van der Waals surface area contributed by atoms with Crippen molar-refractivity contribution in [3.63, 3.8) is 0 Å². The summed E-state index contributed by atoms with van der Waals surface area (Å²) in [5, 5.41) is 0.407. The summed E-state index contributed by atoms with van der Waals surface area (Å²) in [4.78, 5) is 11.6. The van der Waals surface area contributed by atoms with Gasteiger partial charge in [-0.15, -0.1) is 0 Å². The minimum atomic E-state index is -0.111. The molecule has 0 aromatic heterocycles. The van der Waals surface area contributed by atoms with Gasteiger partial charge in [0, 0.05) is 0 Å². The van der Waals surface area contributed by atoms with Crippen LogP contribution in [0.3, 0.4) is 0 Å². The average molecular weight is 255 g/mol. The summed E-state index contributed by atoms with van der Waals surface area (Å²) in [6.45, 7) is 2.10. The molecule has 0 unspecified atom stereocenters. The second-order valence-electron chi connectivity index (χ2n) is 4.26. The Balaban J connectivity index is 2.34. The van der Waals surface area contributed by atoms with Gasteiger partial charge in [-0.25, -0.2) is 0 Å². The van der Waals surface area contributed by atoms with Crippen LogP contribution in [-0.4, -0.2) is 19.5 Å². The molecule has 2 rings (SSSR count). The first kappa shape index (κ1) is 12.2.